The Hall–Kier alpha value is -2.74. The van der Waals surface area contributed by atoms with Crippen LogP contribution in [0.3, 0.4) is 0 Å². The minimum atomic E-state index is -4.00. The zero-order valence-corrected chi connectivity index (χ0v) is 17.6. The Morgan fingerprint density at radius 2 is 1.72 bits per heavy atom. The molecule has 2 amide bonds. The van der Waals surface area contributed by atoms with Crippen LogP contribution in [0.1, 0.15) is 61.1 Å². The highest BCUT2D eigenvalue weighted by Crippen LogP contribution is 2.12. The van der Waals surface area contributed by atoms with Crippen molar-refractivity contribution >= 4 is 21.8 Å². The van der Waals surface area contributed by atoms with Crippen LogP contribution in [0.25, 0.3) is 0 Å². The third-order valence-corrected chi connectivity index (χ3v) is 5.65. The van der Waals surface area contributed by atoms with Crippen LogP contribution in [0, 0.1) is 0 Å². The minimum Gasteiger partial charge on any atom is -0.352 e. The fraction of sp³-hybridized carbons (Fsp3) is 0.381. The molecule has 1 aromatic heterocycles. The summed E-state index contributed by atoms with van der Waals surface area (Å²) in [6.07, 6.45) is 5.37. The lowest BCUT2D eigenvalue weighted by molar-refractivity contribution is -0.121. The third kappa shape index (κ3) is 6.98. The number of hydrogen-bond acceptors (Lipinski definition) is 5. The van der Waals surface area contributed by atoms with E-state index in [0.717, 1.165) is 36.9 Å². The number of rotatable bonds is 10. The van der Waals surface area contributed by atoms with Crippen molar-refractivity contribution in [2.45, 2.75) is 57.4 Å². The van der Waals surface area contributed by atoms with Gasteiger partial charge >= 0.3 is 0 Å². The molecule has 2 aromatic rings. The van der Waals surface area contributed by atoms with Gasteiger partial charge in [0.2, 0.25) is 5.91 Å². The van der Waals surface area contributed by atoms with Gasteiger partial charge in [0.25, 0.3) is 15.9 Å². The van der Waals surface area contributed by atoms with E-state index in [1.165, 1.54) is 18.3 Å². The summed E-state index contributed by atoms with van der Waals surface area (Å²) in [7, 11) is -4.00. The highest BCUT2D eigenvalue weighted by atomic mass is 32.2. The number of aryl methyl sites for hydroxylation is 1. The molecule has 0 saturated carbocycles. The lowest BCUT2D eigenvalue weighted by Gasteiger charge is -2.09. The summed E-state index contributed by atoms with van der Waals surface area (Å²) in [6, 6.07) is 9.32. The number of amides is 2. The average molecular weight is 418 g/mol. The summed E-state index contributed by atoms with van der Waals surface area (Å²) in [4.78, 5) is 28.1. The predicted molar refractivity (Wildman–Crippen MR) is 111 cm³/mol. The smallest absolute Gasteiger partial charge is 0.266 e. The molecule has 156 valence electrons. The summed E-state index contributed by atoms with van der Waals surface area (Å²) in [5.41, 5.74) is 1.81. The SMILES string of the molecule is CCCCC(=O)NCc1ccc(S(=O)(=O)NC(=O)c2ccc(CCC)nc2)cc1. The number of carbonyl (C=O) groups excluding carboxylic acids is 2. The van der Waals surface area contributed by atoms with Gasteiger partial charge in [-0.25, -0.2) is 13.1 Å². The number of sulfonamides is 1. The molecule has 0 radical (unpaired) electrons. The molecule has 0 aliphatic carbocycles. The lowest BCUT2D eigenvalue weighted by Crippen LogP contribution is -2.30. The summed E-state index contributed by atoms with van der Waals surface area (Å²) in [5, 5.41) is 2.79. The maximum absolute atomic E-state index is 12.5. The van der Waals surface area contributed by atoms with Gasteiger partial charge in [0.1, 0.15) is 0 Å². The number of nitrogens with zero attached hydrogens (tertiary/aromatic N) is 1. The van der Waals surface area contributed by atoms with Crippen LogP contribution in [0.5, 0.6) is 0 Å². The van der Waals surface area contributed by atoms with E-state index in [4.69, 9.17) is 0 Å². The molecule has 0 aliphatic heterocycles. The molecular weight excluding hydrogens is 390 g/mol. The summed E-state index contributed by atoms with van der Waals surface area (Å²) in [5.74, 6) is -0.762. The normalized spacial score (nSPS) is 11.1. The number of benzene rings is 1. The average Bonchev–Trinajstić information content (AvgIpc) is 2.71. The second-order valence-corrected chi connectivity index (χ2v) is 8.43. The molecule has 2 N–H and O–H groups in total. The van der Waals surface area contributed by atoms with E-state index < -0.39 is 15.9 Å². The van der Waals surface area contributed by atoms with E-state index >= 15 is 0 Å². The van der Waals surface area contributed by atoms with Crippen LogP contribution in [-0.2, 0) is 27.8 Å². The topological polar surface area (TPSA) is 105 Å². The van der Waals surface area contributed by atoms with E-state index in [1.54, 1.807) is 24.3 Å². The van der Waals surface area contributed by atoms with Crippen molar-refractivity contribution in [1.82, 2.24) is 15.0 Å². The number of aromatic nitrogens is 1. The van der Waals surface area contributed by atoms with Crippen LogP contribution in [0.4, 0.5) is 0 Å². The first-order valence-corrected chi connectivity index (χ1v) is 11.2. The molecular formula is C21H27N3O4S. The molecule has 8 heteroatoms. The molecule has 0 atom stereocenters. The van der Waals surface area contributed by atoms with Crippen LogP contribution in [0.15, 0.2) is 47.5 Å². The molecule has 7 nitrogen and oxygen atoms in total. The van der Waals surface area contributed by atoms with Crippen LogP contribution < -0.4 is 10.0 Å². The van der Waals surface area contributed by atoms with Crippen LogP contribution >= 0.6 is 0 Å². The highest BCUT2D eigenvalue weighted by molar-refractivity contribution is 7.90. The van der Waals surface area contributed by atoms with E-state index in [0.29, 0.717) is 13.0 Å². The van der Waals surface area contributed by atoms with Crippen LogP contribution in [0.2, 0.25) is 0 Å². The zero-order valence-electron chi connectivity index (χ0n) is 16.8. The third-order valence-electron chi connectivity index (χ3n) is 4.30. The minimum absolute atomic E-state index is 0.0255. The largest absolute Gasteiger partial charge is 0.352 e. The van der Waals surface area contributed by atoms with Crippen molar-refractivity contribution in [3.05, 3.63) is 59.4 Å². The zero-order chi connectivity index (χ0) is 21.3. The lowest BCUT2D eigenvalue weighted by atomic mass is 10.2. The van der Waals surface area contributed by atoms with Crippen molar-refractivity contribution in [3.63, 3.8) is 0 Å². The van der Waals surface area contributed by atoms with Gasteiger partial charge in [0.05, 0.1) is 10.5 Å². The fourth-order valence-electron chi connectivity index (χ4n) is 2.62. The molecule has 0 bridgehead atoms. The van der Waals surface area contributed by atoms with Gasteiger partial charge in [-0.1, -0.05) is 38.8 Å². The molecule has 29 heavy (non-hydrogen) atoms. The summed E-state index contributed by atoms with van der Waals surface area (Å²) >= 11 is 0. The Balaban J connectivity index is 1.97. The fourth-order valence-corrected chi connectivity index (χ4v) is 3.59. The van der Waals surface area contributed by atoms with Crippen LogP contribution in [-0.4, -0.2) is 25.2 Å². The van der Waals surface area contributed by atoms with Crippen molar-refractivity contribution in [1.29, 1.82) is 0 Å². The van der Waals surface area contributed by atoms with E-state index in [1.807, 2.05) is 13.8 Å². The standard InChI is InChI=1S/C21H27N3O4S/c1-3-5-7-20(25)23-14-16-8-12-19(13-9-16)29(27,28)24-21(26)17-10-11-18(6-4-2)22-15-17/h8-13,15H,3-7,14H2,1-2H3,(H,23,25)(H,24,26). The van der Waals surface area contributed by atoms with Gasteiger partial charge in [0, 0.05) is 24.9 Å². The highest BCUT2D eigenvalue weighted by Gasteiger charge is 2.19. The molecule has 2 rings (SSSR count). The van der Waals surface area contributed by atoms with Gasteiger partial charge < -0.3 is 5.32 Å². The second-order valence-electron chi connectivity index (χ2n) is 6.75. The van der Waals surface area contributed by atoms with Gasteiger partial charge in [-0.05, 0) is 42.7 Å². The summed E-state index contributed by atoms with van der Waals surface area (Å²) in [6.45, 7) is 4.37. The number of nitrogens with one attached hydrogen (secondary N) is 2. The Kier molecular flexibility index (Phi) is 8.33. The van der Waals surface area contributed by atoms with Crippen molar-refractivity contribution in [2.75, 3.05) is 0 Å². The Morgan fingerprint density at radius 1 is 1.00 bits per heavy atom. The summed E-state index contributed by atoms with van der Waals surface area (Å²) < 4.78 is 27.0. The second kappa shape index (κ2) is 10.7. The maximum atomic E-state index is 12.5. The number of pyridine rings is 1. The number of hydrogen-bond donors (Lipinski definition) is 2. The number of carbonyl (C=O) groups is 2. The molecule has 0 unspecified atom stereocenters. The first-order chi connectivity index (χ1) is 13.9. The van der Waals surface area contributed by atoms with E-state index in [-0.39, 0.29) is 16.4 Å². The quantitative estimate of drug-likeness (QED) is 0.618. The van der Waals surface area contributed by atoms with Crippen molar-refractivity contribution < 1.29 is 18.0 Å². The van der Waals surface area contributed by atoms with E-state index in [2.05, 4.69) is 15.0 Å². The predicted octanol–water partition coefficient (Wildman–Crippen LogP) is 2.96. The Labute approximate surface area is 172 Å². The van der Waals surface area contributed by atoms with E-state index in [9.17, 15) is 18.0 Å². The molecule has 0 saturated heterocycles. The molecule has 0 spiro atoms. The van der Waals surface area contributed by atoms with Gasteiger partial charge in [-0.2, -0.15) is 0 Å². The monoisotopic (exact) mass is 417 g/mol. The van der Waals surface area contributed by atoms with Gasteiger partial charge in [-0.3, -0.25) is 14.6 Å². The molecule has 0 fully saturated rings. The maximum Gasteiger partial charge on any atom is 0.266 e. The number of unbranched alkanes of at least 4 members (excludes halogenated alkanes) is 1. The first kappa shape index (κ1) is 22.5. The van der Waals surface area contributed by atoms with Gasteiger partial charge in [0.15, 0.2) is 0 Å². The first-order valence-electron chi connectivity index (χ1n) is 9.73. The van der Waals surface area contributed by atoms with Crippen molar-refractivity contribution in [2.24, 2.45) is 0 Å². The Bertz CT molecular complexity index is 923. The molecule has 1 heterocycles. The molecule has 1 aromatic carbocycles. The van der Waals surface area contributed by atoms with Crippen molar-refractivity contribution in [3.8, 4) is 0 Å². The Morgan fingerprint density at radius 3 is 2.31 bits per heavy atom. The van der Waals surface area contributed by atoms with Gasteiger partial charge in [-0.15, -0.1) is 0 Å². The molecule has 0 aliphatic rings.